The van der Waals surface area contributed by atoms with Crippen LogP contribution in [0.2, 0.25) is 0 Å². The molecule has 1 N–H and O–H groups in total. The normalized spacial score (nSPS) is 10.6. The third-order valence-corrected chi connectivity index (χ3v) is 5.31. The summed E-state index contributed by atoms with van der Waals surface area (Å²) in [4.78, 5) is 26.9. The number of rotatable bonds is 12. The summed E-state index contributed by atoms with van der Waals surface area (Å²) in [5.74, 6) is 1.06. The standard InChI is InChI=1S/C26H31N3O4/c1-3-17-29(25(30)14-11-20-7-5-4-6-8-20)19-23-18-24(28-33-23)26(31)27-16-15-21-9-12-22(32-2)13-10-21/h4-10,12-13,18H,3,11,14-17,19H2,1-2H3,(H,27,31). The van der Waals surface area contributed by atoms with Gasteiger partial charge in [-0.25, -0.2) is 0 Å². The molecular formula is C26H31N3O4. The van der Waals surface area contributed by atoms with Gasteiger partial charge in [0, 0.05) is 25.6 Å². The minimum Gasteiger partial charge on any atom is -0.497 e. The molecule has 0 aliphatic carbocycles. The summed E-state index contributed by atoms with van der Waals surface area (Å²) in [5, 5.41) is 6.74. The highest BCUT2D eigenvalue weighted by Crippen LogP contribution is 2.13. The molecule has 33 heavy (non-hydrogen) atoms. The fourth-order valence-electron chi connectivity index (χ4n) is 3.50. The van der Waals surface area contributed by atoms with Gasteiger partial charge in [0.05, 0.1) is 13.7 Å². The first-order valence-corrected chi connectivity index (χ1v) is 11.3. The largest absolute Gasteiger partial charge is 0.497 e. The third kappa shape index (κ3) is 7.49. The van der Waals surface area contributed by atoms with Crippen LogP contribution in [-0.4, -0.2) is 42.1 Å². The number of aromatic nitrogens is 1. The van der Waals surface area contributed by atoms with E-state index in [1.807, 2.05) is 61.5 Å². The fourth-order valence-corrected chi connectivity index (χ4v) is 3.50. The van der Waals surface area contributed by atoms with Crippen LogP contribution in [0.1, 0.15) is 47.1 Å². The minimum absolute atomic E-state index is 0.0580. The molecule has 0 atom stereocenters. The molecule has 0 unspecified atom stereocenters. The predicted octanol–water partition coefficient (Wildman–Crippen LogP) is 4.03. The molecule has 0 bridgehead atoms. The van der Waals surface area contributed by atoms with Crippen molar-refractivity contribution in [1.29, 1.82) is 0 Å². The summed E-state index contributed by atoms with van der Waals surface area (Å²) in [6.07, 6.45) is 2.65. The van der Waals surface area contributed by atoms with Crippen LogP contribution in [0.15, 0.2) is 65.2 Å². The Labute approximate surface area is 194 Å². The number of hydrogen-bond acceptors (Lipinski definition) is 5. The molecule has 0 radical (unpaired) electrons. The van der Waals surface area contributed by atoms with Crippen LogP contribution >= 0.6 is 0 Å². The average molecular weight is 450 g/mol. The number of methoxy groups -OCH3 is 1. The van der Waals surface area contributed by atoms with Gasteiger partial charge in [0.15, 0.2) is 11.5 Å². The molecule has 3 aromatic rings. The molecule has 0 saturated carbocycles. The van der Waals surface area contributed by atoms with E-state index in [4.69, 9.17) is 9.26 Å². The quantitative estimate of drug-likeness (QED) is 0.451. The molecule has 0 spiro atoms. The van der Waals surface area contributed by atoms with E-state index in [1.165, 1.54) is 0 Å². The van der Waals surface area contributed by atoms with Gasteiger partial charge in [0.1, 0.15) is 5.75 Å². The highest BCUT2D eigenvalue weighted by atomic mass is 16.5. The molecule has 2 aromatic carbocycles. The van der Waals surface area contributed by atoms with E-state index in [0.717, 1.165) is 23.3 Å². The van der Waals surface area contributed by atoms with Crippen molar-refractivity contribution in [2.24, 2.45) is 0 Å². The molecular weight excluding hydrogens is 418 g/mol. The van der Waals surface area contributed by atoms with E-state index in [-0.39, 0.29) is 17.5 Å². The van der Waals surface area contributed by atoms with Crippen molar-refractivity contribution in [2.45, 2.75) is 39.2 Å². The Morgan fingerprint density at radius 1 is 1.03 bits per heavy atom. The van der Waals surface area contributed by atoms with Crippen LogP contribution in [0, 0.1) is 0 Å². The second kappa shape index (κ2) is 12.4. The van der Waals surface area contributed by atoms with E-state index in [1.54, 1.807) is 18.1 Å². The number of hydrogen-bond donors (Lipinski definition) is 1. The van der Waals surface area contributed by atoms with Gasteiger partial charge >= 0.3 is 0 Å². The lowest BCUT2D eigenvalue weighted by atomic mass is 10.1. The van der Waals surface area contributed by atoms with Crippen LogP contribution in [0.25, 0.3) is 0 Å². The van der Waals surface area contributed by atoms with Gasteiger partial charge < -0.3 is 19.5 Å². The zero-order valence-corrected chi connectivity index (χ0v) is 19.3. The SMILES string of the molecule is CCCN(Cc1cc(C(=O)NCCc2ccc(OC)cc2)no1)C(=O)CCc1ccccc1. The average Bonchev–Trinajstić information content (AvgIpc) is 3.32. The lowest BCUT2D eigenvalue weighted by Gasteiger charge is -2.20. The Kier molecular flexibility index (Phi) is 9.06. The van der Waals surface area contributed by atoms with Gasteiger partial charge in [-0.3, -0.25) is 9.59 Å². The van der Waals surface area contributed by atoms with Crippen molar-refractivity contribution in [3.63, 3.8) is 0 Å². The highest BCUT2D eigenvalue weighted by molar-refractivity contribution is 5.92. The van der Waals surface area contributed by atoms with Gasteiger partial charge in [-0.05, 0) is 42.5 Å². The number of nitrogens with zero attached hydrogens (tertiary/aromatic N) is 2. The summed E-state index contributed by atoms with van der Waals surface area (Å²) in [7, 11) is 1.63. The maximum Gasteiger partial charge on any atom is 0.273 e. The van der Waals surface area contributed by atoms with Crippen LogP contribution in [-0.2, 0) is 24.2 Å². The molecule has 2 amide bonds. The molecule has 0 fully saturated rings. The van der Waals surface area contributed by atoms with Crippen LogP contribution < -0.4 is 10.1 Å². The van der Waals surface area contributed by atoms with Gasteiger partial charge in [-0.2, -0.15) is 0 Å². The molecule has 0 aliphatic heterocycles. The summed E-state index contributed by atoms with van der Waals surface area (Å²) >= 11 is 0. The van der Waals surface area contributed by atoms with Gasteiger partial charge in [-0.15, -0.1) is 0 Å². The first-order chi connectivity index (χ1) is 16.1. The number of benzene rings is 2. The topological polar surface area (TPSA) is 84.7 Å². The Bertz CT molecular complexity index is 1020. The van der Waals surface area contributed by atoms with Crippen molar-refractivity contribution in [3.05, 3.63) is 83.2 Å². The summed E-state index contributed by atoms with van der Waals surface area (Å²) in [6, 6.07) is 19.3. The predicted molar refractivity (Wildman–Crippen MR) is 126 cm³/mol. The van der Waals surface area contributed by atoms with Crippen molar-refractivity contribution in [2.75, 3.05) is 20.2 Å². The number of carbonyl (C=O) groups is 2. The Hall–Kier alpha value is -3.61. The molecule has 174 valence electrons. The van der Waals surface area contributed by atoms with E-state index in [9.17, 15) is 9.59 Å². The van der Waals surface area contributed by atoms with E-state index < -0.39 is 0 Å². The molecule has 0 aliphatic rings. The highest BCUT2D eigenvalue weighted by Gasteiger charge is 2.18. The Morgan fingerprint density at radius 2 is 1.76 bits per heavy atom. The number of ether oxygens (including phenoxy) is 1. The maximum absolute atomic E-state index is 12.7. The summed E-state index contributed by atoms with van der Waals surface area (Å²) < 4.78 is 10.5. The molecule has 1 aromatic heterocycles. The number of amides is 2. The van der Waals surface area contributed by atoms with E-state index >= 15 is 0 Å². The molecule has 3 rings (SSSR count). The molecule has 1 heterocycles. The fraction of sp³-hybridized carbons (Fsp3) is 0.346. The van der Waals surface area contributed by atoms with Crippen molar-refractivity contribution < 1.29 is 18.8 Å². The monoisotopic (exact) mass is 449 g/mol. The first-order valence-electron chi connectivity index (χ1n) is 11.3. The molecule has 0 saturated heterocycles. The molecule has 7 nitrogen and oxygen atoms in total. The summed E-state index contributed by atoms with van der Waals surface area (Å²) in [6.45, 7) is 3.43. The Morgan fingerprint density at radius 3 is 2.45 bits per heavy atom. The van der Waals surface area contributed by atoms with Crippen LogP contribution in [0.3, 0.4) is 0 Å². The first kappa shape index (κ1) is 24.0. The van der Waals surface area contributed by atoms with E-state index in [0.29, 0.717) is 44.7 Å². The van der Waals surface area contributed by atoms with Gasteiger partial charge in [0.25, 0.3) is 5.91 Å². The van der Waals surface area contributed by atoms with Crippen LogP contribution in [0.4, 0.5) is 0 Å². The number of aryl methyl sites for hydroxylation is 1. The van der Waals surface area contributed by atoms with Gasteiger partial charge in [-0.1, -0.05) is 54.5 Å². The number of carbonyl (C=O) groups excluding carboxylic acids is 2. The second-order valence-electron chi connectivity index (χ2n) is 7.83. The second-order valence-corrected chi connectivity index (χ2v) is 7.83. The van der Waals surface area contributed by atoms with E-state index in [2.05, 4.69) is 10.5 Å². The summed E-state index contributed by atoms with van der Waals surface area (Å²) in [5.41, 5.74) is 2.45. The van der Waals surface area contributed by atoms with Crippen molar-refractivity contribution >= 4 is 11.8 Å². The molecule has 7 heteroatoms. The zero-order chi connectivity index (χ0) is 23.5. The number of nitrogens with one attached hydrogen (secondary N) is 1. The third-order valence-electron chi connectivity index (χ3n) is 5.31. The maximum atomic E-state index is 12.7. The smallest absolute Gasteiger partial charge is 0.273 e. The van der Waals surface area contributed by atoms with Gasteiger partial charge in [0.2, 0.25) is 5.91 Å². The lowest BCUT2D eigenvalue weighted by molar-refractivity contribution is -0.132. The zero-order valence-electron chi connectivity index (χ0n) is 19.3. The van der Waals surface area contributed by atoms with Crippen molar-refractivity contribution in [3.8, 4) is 5.75 Å². The minimum atomic E-state index is -0.295. The van der Waals surface area contributed by atoms with Crippen molar-refractivity contribution in [1.82, 2.24) is 15.4 Å². The van der Waals surface area contributed by atoms with Crippen LogP contribution in [0.5, 0.6) is 5.75 Å². The lowest BCUT2D eigenvalue weighted by Crippen LogP contribution is -2.31. The Balaban J connectivity index is 1.49.